The number of carbonyl (C=O) groups is 2. The summed E-state index contributed by atoms with van der Waals surface area (Å²) < 4.78 is 12.5. The summed E-state index contributed by atoms with van der Waals surface area (Å²) in [4.78, 5) is 30.0. The maximum atomic E-state index is 13.2. The molecule has 1 aromatic carbocycles. The molecule has 1 aromatic rings. The standard InChI is InChI=1S/C25H35N3O4/c1-27-14-12-21(27)25(30)26-20-6-4-13-28-22(20)15-31-18-10-8-17(9-11-18)19-5-2-3-7-23(19)32-16-24(28)29/h2-3,5,7,17-18,20-22H,4,6,8-16H2,1H3,(H,26,30). The van der Waals surface area contributed by atoms with Crippen molar-refractivity contribution in [2.45, 2.75) is 75.1 Å². The average molecular weight is 442 g/mol. The maximum absolute atomic E-state index is 13.2. The van der Waals surface area contributed by atoms with Crippen molar-refractivity contribution in [3.8, 4) is 5.75 Å². The van der Waals surface area contributed by atoms with Gasteiger partial charge in [-0.05, 0) is 69.5 Å². The van der Waals surface area contributed by atoms with Crippen LogP contribution in [0.2, 0.25) is 0 Å². The first-order valence-electron chi connectivity index (χ1n) is 12.2. The molecule has 3 fully saturated rings. The fourth-order valence-corrected chi connectivity index (χ4v) is 5.81. The highest BCUT2D eigenvalue weighted by atomic mass is 16.5. The third kappa shape index (κ3) is 4.37. The first-order chi connectivity index (χ1) is 15.6. The van der Waals surface area contributed by atoms with Gasteiger partial charge in [0.05, 0.1) is 30.8 Å². The quantitative estimate of drug-likeness (QED) is 0.763. The third-order valence-electron chi connectivity index (χ3n) is 7.90. The fourth-order valence-electron chi connectivity index (χ4n) is 5.81. The van der Waals surface area contributed by atoms with E-state index in [4.69, 9.17) is 9.47 Å². The molecule has 0 radical (unpaired) electrons. The number of nitrogens with one attached hydrogen (secondary N) is 1. The van der Waals surface area contributed by atoms with Crippen LogP contribution in [-0.2, 0) is 14.3 Å². The zero-order valence-electron chi connectivity index (χ0n) is 19.0. The van der Waals surface area contributed by atoms with E-state index in [0.717, 1.165) is 57.2 Å². The molecule has 3 atom stereocenters. The van der Waals surface area contributed by atoms with Crippen LogP contribution in [0, 0.1) is 0 Å². The lowest BCUT2D eigenvalue weighted by molar-refractivity contribution is -0.143. The van der Waals surface area contributed by atoms with E-state index in [2.05, 4.69) is 22.3 Å². The second kappa shape index (κ2) is 9.40. The van der Waals surface area contributed by atoms with Crippen LogP contribution >= 0.6 is 0 Å². The summed E-state index contributed by atoms with van der Waals surface area (Å²) in [7, 11) is 1.98. The minimum Gasteiger partial charge on any atom is -0.483 e. The Morgan fingerprint density at radius 2 is 1.88 bits per heavy atom. The van der Waals surface area contributed by atoms with Gasteiger partial charge in [0.1, 0.15) is 5.75 Å². The van der Waals surface area contributed by atoms with Gasteiger partial charge < -0.3 is 19.7 Å². The highest BCUT2D eigenvalue weighted by Crippen LogP contribution is 2.39. The van der Waals surface area contributed by atoms with E-state index >= 15 is 0 Å². The summed E-state index contributed by atoms with van der Waals surface area (Å²) in [5.74, 6) is 1.33. The molecule has 4 aliphatic heterocycles. The lowest BCUT2D eigenvalue weighted by Crippen LogP contribution is -2.63. The molecule has 32 heavy (non-hydrogen) atoms. The molecule has 3 unspecified atom stereocenters. The van der Waals surface area contributed by atoms with Gasteiger partial charge in [0, 0.05) is 13.1 Å². The van der Waals surface area contributed by atoms with E-state index in [9.17, 15) is 9.59 Å². The second-order valence-corrected chi connectivity index (χ2v) is 9.83. The van der Waals surface area contributed by atoms with Crippen molar-refractivity contribution in [2.75, 3.05) is 33.4 Å². The van der Waals surface area contributed by atoms with E-state index in [1.54, 1.807) is 0 Å². The average Bonchev–Trinajstić information content (AvgIpc) is 2.82. The minimum atomic E-state index is -0.150. The zero-order valence-corrected chi connectivity index (χ0v) is 19.0. The summed E-state index contributed by atoms with van der Waals surface area (Å²) in [6.45, 7) is 2.14. The van der Waals surface area contributed by atoms with Crippen LogP contribution in [0.25, 0.3) is 0 Å². The number of ether oxygens (including phenoxy) is 2. The van der Waals surface area contributed by atoms with Crippen molar-refractivity contribution in [2.24, 2.45) is 0 Å². The highest BCUT2D eigenvalue weighted by molar-refractivity contribution is 5.83. The lowest BCUT2D eigenvalue weighted by Gasteiger charge is -2.44. The number of rotatable bonds is 2. The molecular weight excluding hydrogens is 406 g/mol. The van der Waals surface area contributed by atoms with E-state index in [-0.39, 0.29) is 42.7 Å². The van der Waals surface area contributed by atoms with Crippen molar-refractivity contribution in [3.05, 3.63) is 29.8 Å². The number of benzene rings is 1. The summed E-state index contributed by atoms with van der Waals surface area (Å²) in [5, 5.41) is 3.26. The number of para-hydroxylation sites is 1. The zero-order chi connectivity index (χ0) is 22.1. The molecule has 4 heterocycles. The van der Waals surface area contributed by atoms with Crippen LogP contribution in [0.5, 0.6) is 5.75 Å². The summed E-state index contributed by atoms with van der Waals surface area (Å²) in [5.41, 5.74) is 1.21. The van der Waals surface area contributed by atoms with Gasteiger partial charge in [-0.2, -0.15) is 0 Å². The Morgan fingerprint density at radius 1 is 1.06 bits per heavy atom. The van der Waals surface area contributed by atoms with Gasteiger partial charge in [-0.3, -0.25) is 14.5 Å². The molecule has 6 rings (SSSR count). The molecule has 7 heteroatoms. The van der Waals surface area contributed by atoms with Crippen LogP contribution in [-0.4, -0.2) is 79.2 Å². The third-order valence-corrected chi connectivity index (χ3v) is 7.90. The summed E-state index contributed by atoms with van der Waals surface area (Å²) >= 11 is 0. The molecule has 1 aliphatic carbocycles. The number of piperidine rings is 1. The van der Waals surface area contributed by atoms with Gasteiger partial charge in [0.15, 0.2) is 6.61 Å². The number of carbonyl (C=O) groups excluding carboxylic acids is 2. The second-order valence-electron chi connectivity index (χ2n) is 9.83. The Labute approximate surface area is 190 Å². The van der Waals surface area contributed by atoms with Crippen molar-refractivity contribution < 1.29 is 19.1 Å². The van der Waals surface area contributed by atoms with Gasteiger partial charge in [0.2, 0.25) is 5.91 Å². The molecule has 7 nitrogen and oxygen atoms in total. The Balaban J connectivity index is 1.36. The van der Waals surface area contributed by atoms with Crippen LogP contribution in [0.15, 0.2) is 24.3 Å². The van der Waals surface area contributed by atoms with Gasteiger partial charge in [0.25, 0.3) is 5.91 Å². The van der Waals surface area contributed by atoms with E-state index in [1.807, 2.05) is 24.1 Å². The number of amides is 2. The molecule has 2 saturated heterocycles. The first kappa shape index (κ1) is 21.7. The monoisotopic (exact) mass is 441 g/mol. The first-order valence-corrected chi connectivity index (χ1v) is 12.2. The normalized spacial score (nSPS) is 33.5. The summed E-state index contributed by atoms with van der Waals surface area (Å²) in [6.07, 6.45) is 7.03. The van der Waals surface area contributed by atoms with Crippen molar-refractivity contribution in [1.29, 1.82) is 0 Å². The SMILES string of the molecule is CN1CCC1C(=O)NC1CCCN2C(=O)COc3ccccc3C3CCC(CC3)OCC12. The number of likely N-dealkylation sites (N-methyl/N-ethyl adjacent to an activating group) is 1. The Hall–Kier alpha value is -2.12. The topological polar surface area (TPSA) is 71.1 Å². The summed E-state index contributed by atoms with van der Waals surface area (Å²) in [6, 6.07) is 7.87. The fraction of sp³-hybridized carbons (Fsp3) is 0.680. The molecule has 5 aliphatic rings. The molecule has 1 saturated carbocycles. The predicted molar refractivity (Wildman–Crippen MR) is 121 cm³/mol. The van der Waals surface area contributed by atoms with E-state index in [0.29, 0.717) is 19.1 Å². The van der Waals surface area contributed by atoms with Crippen molar-refractivity contribution >= 4 is 11.8 Å². The van der Waals surface area contributed by atoms with Crippen molar-refractivity contribution in [3.63, 3.8) is 0 Å². The van der Waals surface area contributed by atoms with Gasteiger partial charge >= 0.3 is 0 Å². The Bertz CT molecular complexity index is 838. The maximum Gasteiger partial charge on any atom is 0.260 e. The molecule has 174 valence electrons. The molecule has 1 N–H and O–H groups in total. The number of likely N-dealkylation sites (tertiary alicyclic amines) is 1. The van der Waals surface area contributed by atoms with Crippen LogP contribution in [0.1, 0.15) is 56.4 Å². The number of nitrogens with zero attached hydrogens (tertiary/aromatic N) is 2. The molecular formula is C25H35N3O4. The van der Waals surface area contributed by atoms with Crippen LogP contribution < -0.4 is 10.1 Å². The van der Waals surface area contributed by atoms with Crippen LogP contribution in [0.4, 0.5) is 0 Å². The Kier molecular flexibility index (Phi) is 6.37. The number of fused-ring (bicyclic) bond motifs is 5. The van der Waals surface area contributed by atoms with Crippen LogP contribution in [0.3, 0.4) is 0 Å². The highest BCUT2D eigenvalue weighted by Gasteiger charge is 2.39. The molecule has 2 bridgehead atoms. The van der Waals surface area contributed by atoms with Gasteiger partial charge in [-0.1, -0.05) is 18.2 Å². The largest absolute Gasteiger partial charge is 0.483 e. The van der Waals surface area contributed by atoms with E-state index in [1.165, 1.54) is 5.56 Å². The smallest absolute Gasteiger partial charge is 0.260 e. The van der Waals surface area contributed by atoms with Gasteiger partial charge in [-0.15, -0.1) is 0 Å². The lowest BCUT2D eigenvalue weighted by atomic mass is 9.82. The molecule has 0 aromatic heterocycles. The minimum absolute atomic E-state index is 0.0235. The predicted octanol–water partition coefficient (Wildman–Crippen LogP) is 2.30. The number of hydrogen-bond donors (Lipinski definition) is 1. The Morgan fingerprint density at radius 3 is 2.62 bits per heavy atom. The van der Waals surface area contributed by atoms with E-state index < -0.39 is 0 Å². The van der Waals surface area contributed by atoms with Gasteiger partial charge in [-0.25, -0.2) is 0 Å². The molecule has 2 amide bonds. The number of hydrogen-bond acceptors (Lipinski definition) is 5. The van der Waals surface area contributed by atoms with Crippen molar-refractivity contribution in [1.82, 2.24) is 15.1 Å². The molecule has 0 spiro atoms.